The van der Waals surface area contributed by atoms with Gasteiger partial charge in [0.15, 0.2) is 5.76 Å². The Kier molecular flexibility index (Phi) is 6.64. The van der Waals surface area contributed by atoms with Crippen LogP contribution in [0.4, 0.5) is 0 Å². The number of aromatic nitrogens is 2. The zero-order chi connectivity index (χ0) is 21.0. The van der Waals surface area contributed by atoms with Gasteiger partial charge in [-0.25, -0.2) is 0 Å². The summed E-state index contributed by atoms with van der Waals surface area (Å²) in [6.07, 6.45) is 0.744. The fourth-order valence-electron chi connectivity index (χ4n) is 2.95. The number of halogens is 1. The van der Waals surface area contributed by atoms with Crippen LogP contribution in [0.5, 0.6) is 5.75 Å². The molecule has 0 radical (unpaired) electrons. The van der Waals surface area contributed by atoms with E-state index in [0.29, 0.717) is 23.9 Å². The highest BCUT2D eigenvalue weighted by molar-refractivity contribution is 6.31. The second-order valence-electron chi connectivity index (χ2n) is 7.12. The predicted molar refractivity (Wildman–Crippen MR) is 113 cm³/mol. The van der Waals surface area contributed by atoms with E-state index in [4.69, 9.17) is 20.8 Å². The normalized spacial score (nSPS) is 10.9. The van der Waals surface area contributed by atoms with Crippen molar-refractivity contribution in [2.45, 2.75) is 47.3 Å². The summed E-state index contributed by atoms with van der Waals surface area (Å²) in [6, 6.07) is 9.35. The van der Waals surface area contributed by atoms with Crippen LogP contribution in [0.2, 0.25) is 5.02 Å². The Balaban J connectivity index is 1.45. The molecule has 0 aliphatic rings. The Morgan fingerprint density at radius 3 is 2.66 bits per heavy atom. The lowest BCUT2D eigenvalue weighted by atomic mass is 10.1. The van der Waals surface area contributed by atoms with Crippen molar-refractivity contribution in [3.05, 3.63) is 69.4 Å². The molecule has 0 aliphatic carbocycles. The van der Waals surface area contributed by atoms with E-state index in [9.17, 15) is 4.79 Å². The second kappa shape index (κ2) is 9.18. The van der Waals surface area contributed by atoms with Crippen LogP contribution in [0.25, 0.3) is 0 Å². The van der Waals surface area contributed by atoms with Crippen LogP contribution in [-0.2, 0) is 13.2 Å². The number of aryl methyl sites for hydroxylation is 4. The van der Waals surface area contributed by atoms with Crippen LogP contribution >= 0.6 is 11.6 Å². The van der Waals surface area contributed by atoms with Gasteiger partial charge < -0.3 is 14.5 Å². The van der Waals surface area contributed by atoms with E-state index in [1.54, 1.807) is 12.1 Å². The minimum atomic E-state index is -0.242. The van der Waals surface area contributed by atoms with Gasteiger partial charge in [0, 0.05) is 13.1 Å². The predicted octanol–water partition coefficient (Wildman–Crippen LogP) is 4.76. The molecule has 2 aromatic heterocycles. The Bertz CT molecular complexity index is 1010. The summed E-state index contributed by atoms with van der Waals surface area (Å²) in [5.41, 5.74) is 4.15. The quantitative estimate of drug-likeness (QED) is 0.538. The molecular formula is C22H26ClN3O3. The highest BCUT2D eigenvalue weighted by Gasteiger charge is 2.12. The first kappa shape index (κ1) is 21.0. The first-order valence-electron chi connectivity index (χ1n) is 9.61. The molecule has 1 amide bonds. The lowest BCUT2D eigenvalue weighted by Gasteiger charge is -2.07. The van der Waals surface area contributed by atoms with Crippen LogP contribution in [0, 0.1) is 27.7 Å². The Morgan fingerprint density at radius 1 is 1.17 bits per heavy atom. The van der Waals surface area contributed by atoms with Gasteiger partial charge in [-0.15, -0.1) is 0 Å². The lowest BCUT2D eigenvalue weighted by Crippen LogP contribution is -2.25. The standard InChI is InChI=1S/C22H26ClN3O3/c1-14-6-7-18(12-15(14)2)28-13-19-8-9-20(29-19)22(27)24-10-5-11-26-17(4)21(23)16(3)25-26/h6-9,12H,5,10-11,13H2,1-4H3,(H,24,27). The minimum Gasteiger partial charge on any atom is -0.486 e. The van der Waals surface area contributed by atoms with E-state index in [-0.39, 0.29) is 18.3 Å². The van der Waals surface area contributed by atoms with Gasteiger partial charge in [0.1, 0.15) is 18.1 Å². The Labute approximate surface area is 175 Å². The van der Waals surface area contributed by atoms with Gasteiger partial charge in [0.2, 0.25) is 0 Å². The average molecular weight is 416 g/mol. The molecule has 0 bridgehead atoms. The highest BCUT2D eigenvalue weighted by Crippen LogP contribution is 2.20. The number of hydrogen-bond acceptors (Lipinski definition) is 4. The molecule has 0 unspecified atom stereocenters. The van der Waals surface area contributed by atoms with Crippen LogP contribution in [0.3, 0.4) is 0 Å². The summed E-state index contributed by atoms with van der Waals surface area (Å²) in [6.45, 7) is 9.40. The number of nitrogens with zero attached hydrogens (tertiary/aromatic N) is 2. The number of hydrogen-bond donors (Lipinski definition) is 1. The average Bonchev–Trinajstić information content (AvgIpc) is 3.27. The van der Waals surface area contributed by atoms with Crippen LogP contribution < -0.4 is 10.1 Å². The van der Waals surface area contributed by atoms with E-state index in [1.807, 2.05) is 43.7 Å². The van der Waals surface area contributed by atoms with Crippen LogP contribution in [0.1, 0.15) is 45.3 Å². The molecule has 6 nitrogen and oxygen atoms in total. The Morgan fingerprint density at radius 2 is 1.97 bits per heavy atom. The molecule has 29 heavy (non-hydrogen) atoms. The van der Waals surface area contributed by atoms with E-state index < -0.39 is 0 Å². The number of amides is 1. The smallest absolute Gasteiger partial charge is 0.286 e. The highest BCUT2D eigenvalue weighted by atomic mass is 35.5. The lowest BCUT2D eigenvalue weighted by molar-refractivity contribution is 0.0920. The number of carbonyl (C=O) groups excluding carboxylic acids is 1. The van der Waals surface area contributed by atoms with Gasteiger partial charge >= 0.3 is 0 Å². The van der Waals surface area contributed by atoms with Gasteiger partial charge in [0.05, 0.1) is 16.4 Å². The van der Waals surface area contributed by atoms with Crippen LogP contribution in [0.15, 0.2) is 34.7 Å². The fraction of sp³-hybridized carbons (Fsp3) is 0.364. The summed E-state index contributed by atoms with van der Waals surface area (Å²) < 4.78 is 13.2. The van der Waals surface area contributed by atoms with Gasteiger partial charge in [-0.3, -0.25) is 9.48 Å². The summed E-state index contributed by atoms with van der Waals surface area (Å²) in [4.78, 5) is 12.3. The largest absolute Gasteiger partial charge is 0.486 e. The number of nitrogens with one attached hydrogen (secondary N) is 1. The van der Waals surface area contributed by atoms with Crippen molar-refractivity contribution in [1.82, 2.24) is 15.1 Å². The molecule has 0 atom stereocenters. The molecule has 154 valence electrons. The topological polar surface area (TPSA) is 69.3 Å². The minimum absolute atomic E-state index is 0.242. The molecule has 1 aromatic carbocycles. The Hall–Kier alpha value is -2.73. The van der Waals surface area contributed by atoms with E-state index >= 15 is 0 Å². The maximum Gasteiger partial charge on any atom is 0.286 e. The molecule has 3 rings (SSSR count). The number of rotatable bonds is 8. The molecule has 0 fully saturated rings. The molecule has 0 saturated heterocycles. The van der Waals surface area contributed by atoms with Crippen molar-refractivity contribution in [3.8, 4) is 5.75 Å². The molecule has 0 saturated carbocycles. The summed E-state index contributed by atoms with van der Waals surface area (Å²) in [7, 11) is 0. The number of ether oxygens (including phenoxy) is 1. The first-order valence-corrected chi connectivity index (χ1v) is 9.99. The number of furan rings is 1. The third-order valence-electron chi connectivity index (χ3n) is 4.87. The van der Waals surface area contributed by atoms with Crippen molar-refractivity contribution in [1.29, 1.82) is 0 Å². The maximum absolute atomic E-state index is 12.3. The second-order valence-corrected chi connectivity index (χ2v) is 7.50. The molecule has 3 aromatic rings. The zero-order valence-corrected chi connectivity index (χ0v) is 18.0. The van der Waals surface area contributed by atoms with E-state index in [2.05, 4.69) is 17.3 Å². The monoisotopic (exact) mass is 415 g/mol. The van der Waals surface area contributed by atoms with Gasteiger partial charge in [-0.1, -0.05) is 17.7 Å². The molecule has 0 aliphatic heterocycles. The van der Waals surface area contributed by atoms with E-state index in [1.165, 1.54) is 11.1 Å². The summed E-state index contributed by atoms with van der Waals surface area (Å²) >= 11 is 6.15. The third-order valence-corrected chi connectivity index (χ3v) is 5.42. The zero-order valence-electron chi connectivity index (χ0n) is 17.2. The van der Waals surface area contributed by atoms with Crippen molar-refractivity contribution in [2.75, 3.05) is 6.54 Å². The summed E-state index contributed by atoms with van der Waals surface area (Å²) in [5, 5.41) is 7.94. The SMILES string of the molecule is Cc1ccc(OCc2ccc(C(=O)NCCCn3nc(C)c(Cl)c3C)o2)cc1C. The van der Waals surface area contributed by atoms with Crippen molar-refractivity contribution in [2.24, 2.45) is 0 Å². The number of benzene rings is 1. The molecule has 2 heterocycles. The van der Waals surface area contributed by atoms with Gasteiger partial charge in [-0.05, 0) is 69.5 Å². The first-order chi connectivity index (χ1) is 13.8. The van der Waals surface area contributed by atoms with Crippen molar-refractivity contribution in [3.63, 3.8) is 0 Å². The van der Waals surface area contributed by atoms with Crippen molar-refractivity contribution >= 4 is 17.5 Å². The van der Waals surface area contributed by atoms with E-state index in [0.717, 1.165) is 23.6 Å². The molecule has 0 spiro atoms. The molecule has 1 N–H and O–H groups in total. The van der Waals surface area contributed by atoms with Gasteiger partial charge in [-0.2, -0.15) is 5.10 Å². The third kappa shape index (κ3) is 5.21. The van der Waals surface area contributed by atoms with Crippen molar-refractivity contribution < 1.29 is 13.9 Å². The maximum atomic E-state index is 12.3. The summed E-state index contributed by atoms with van der Waals surface area (Å²) in [5.74, 6) is 1.41. The number of carbonyl (C=O) groups is 1. The molecular weight excluding hydrogens is 390 g/mol. The van der Waals surface area contributed by atoms with Gasteiger partial charge in [0.25, 0.3) is 5.91 Å². The fourth-order valence-corrected chi connectivity index (χ4v) is 3.08. The molecule has 7 heteroatoms. The van der Waals surface area contributed by atoms with Crippen LogP contribution in [-0.4, -0.2) is 22.2 Å².